The van der Waals surface area contributed by atoms with E-state index in [1.165, 1.54) is 49.7 Å². The number of aryl methyl sites for hydroxylation is 2. The SMILES string of the molecule is CCCCC=CCCc1ccccc1N=CC=Nc1ccccc1CCC=CCCCC.[Ni]. The van der Waals surface area contributed by atoms with Gasteiger partial charge in [0.15, 0.2) is 0 Å². The van der Waals surface area contributed by atoms with E-state index in [1.807, 2.05) is 24.6 Å². The molecule has 0 aliphatic carbocycles. The third-order valence-corrected chi connectivity index (χ3v) is 5.42. The van der Waals surface area contributed by atoms with Crippen LogP contribution in [-0.2, 0) is 29.3 Å². The van der Waals surface area contributed by atoms with E-state index in [-0.39, 0.29) is 16.5 Å². The first-order valence-corrected chi connectivity index (χ1v) is 12.4. The van der Waals surface area contributed by atoms with Gasteiger partial charge < -0.3 is 0 Å². The fraction of sp³-hybridized carbons (Fsp3) is 0.400. The Morgan fingerprint density at radius 2 is 0.970 bits per heavy atom. The molecule has 2 rings (SSSR count). The molecule has 0 spiro atoms. The second-order valence-electron chi connectivity index (χ2n) is 8.12. The summed E-state index contributed by atoms with van der Waals surface area (Å²) >= 11 is 0. The van der Waals surface area contributed by atoms with Crippen LogP contribution in [0.2, 0.25) is 0 Å². The maximum absolute atomic E-state index is 4.67. The monoisotopic (exact) mass is 486 g/mol. The van der Waals surface area contributed by atoms with E-state index >= 15 is 0 Å². The van der Waals surface area contributed by atoms with Gasteiger partial charge in [0.2, 0.25) is 0 Å². The van der Waals surface area contributed by atoms with Crippen LogP contribution >= 0.6 is 0 Å². The Morgan fingerprint density at radius 3 is 1.39 bits per heavy atom. The van der Waals surface area contributed by atoms with E-state index in [4.69, 9.17) is 0 Å². The second kappa shape index (κ2) is 19.2. The van der Waals surface area contributed by atoms with Gasteiger partial charge in [-0.2, -0.15) is 0 Å². The van der Waals surface area contributed by atoms with Gasteiger partial charge in [-0.15, -0.1) is 0 Å². The van der Waals surface area contributed by atoms with E-state index in [9.17, 15) is 0 Å². The van der Waals surface area contributed by atoms with Gasteiger partial charge in [-0.05, 0) is 61.8 Å². The predicted molar refractivity (Wildman–Crippen MR) is 143 cm³/mol. The average molecular weight is 487 g/mol. The summed E-state index contributed by atoms with van der Waals surface area (Å²) in [5.74, 6) is 0. The van der Waals surface area contributed by atoms with Gasteiger partial charge in [0.25, 0.3) is 0 Å². The first kappa shape index (κ1) is 28.8. The molecule has 0 saturated carbocycles. The molecule has 0 saturated heterocycles. The van der Waals surface area contributed by atoms with E-state index in [0.29, 0.717) is 0 Å². The van der Waals surface area contributed by atoms with Crippen molar-refractivity contribution in [1.29, 1.82) is 0 Å². The normalized spacial score (nSPS) is 11.8. The van der Waals surface area contributed by atoms with Gasteiger partial charge >= 0.3 is 0 Å². The van der Waals surface area contributed by atoms with E-state index in [2.05, 4.69) is 84.5 Å². The van der Waals surface area contributed by atoms with Crippen molar-refractivity contribution in [3.63, 3.8) is 0 Å². The van der Waals surface area contributed by atoms with Crippen LogP contribution in [0.25, 0.3) is 0 Å². The van der Waals surface area contributed by atoms with Crippen LogP contribution in [0.4, 0.5) is 11.4 Å². The molecular weight excluding hydrogens is 447 g/mol. The van der Waals surface area contributed by atoms with E-state index < -0.39 is 0 Å². The summed E-state index contributed by atoms with van der Waals surface area (Å²) in [6, 6.07) is 16.8. The Hall–Kier alpha value is -2.25. The summed E-state index contributed by atoms with van der Waals surface area (Å²) < 4.78 is 0. The van der Waals surface area contributed by atoms with Gasteiger partial charge in [-0.25, -0.2) is 0 Å². The molecule has 180 valence electrons. The zero-order chi connectivity index (χ0) is 22.7. The van der Waals surface area contributed by atoms with Gasteiger partial charge in [0.1, 0.15) is 0 Å². The van der Waals surface area contributed by atoms with Crippen molar-refractivity contribution in [2.45, 2.75) is 78.1 Å². The number of aliphatic imine (C=N–C) groups is 2. The molecule has 0 amide bonds. The largest absolute Gasteiger partial charge is 0.255 e. The van der Waals surface area contributed by atoms with Crippen molar-refractivity contribution < 1.29 is 16.5 Å². The molecule has 3 heteroatoms. The Labute approximate surface area is 212 Å². The first-order chi connectivity index (χ1) is 15.8. The summed E-state index contributed by atoms with van der Waals surface area (Å²) in [5.41, 5.74) is 4.64. The van der Waals surface area contributed by atoms with Crippen molar-refractivity contribution in [2.24, 2.45) is 9.98 Å². The van der Waals surface area contributed by atoms with Crippen LogP contribution in [-0.4, -0.2) is 12.4 Å². The summed E-state index contributed by atoms with van der Waals surface area (Å²) in [7, 11) is 0. The number of hydrogen-bond donors (Lipinski definition) is 0. The standard InChI is InChI=1S/C30H40N2.Ni/c1-3-5-7-9-11-13-19-27-21-15-17-23-29(27)31-25-26-32-30-24-18-16-22-28(30)20-14-12-10-8-6-4-2;/h9-12,15-18,21-26H,3-8,13-14,19-20H2,1-2H3;. The van der Waals surface area contributed by atoms with Gasteiger partial charge in [-0.3, -0.25) is 9.98 Å². The third kappa shape index (κ3) is 12.5. The molecule has 2 aromatic carbocycles. The zero-order valence-electron chi connectivity index (χ0n) is 20.4. The molecule has 0 aliphatic heterocycles. The van der Waals surface area contributed by atoms with Crippen LogP contribution in [0.1, 0.15) is 76.3 Å². The molecule has 0 N–H and O–H groups in total. The molecule has 0 aliphatic rings. The zero-order valence-corrected chi connectivity index (χ0v) is 21.4. The third-order valence-electron chi connectivity index (χ3n) is 5.42. The Kier molecular flexibility index (Phi) is 16.8. The molecule has 0 atom stereocenters. The van der Waals surface area contributed by atoms with Crippen molar-refractivity contribution in [3.8, 4) is 0 Å². The Bertz CT molecular complexity index is 807. The van der Waals surface area contributed by atoms with Crippen LogP contribution < -0.4 is 0 Å². The topological polar surface area (TPSA) is 24.7 Å². The number of rotatable bonds is 15. The molecule has 0 unspecified atom stereocenters. The van der Waals surface area contributed by atoms with Crippen molar-refractivity contribution >= 4 is 23.8 Å². The summed E-state index contributed by atoms with van der Waals surface area (Å²) in [6.45, 7) is 4.47. The fourth-order valence-corrected chi connectivity index (χ4v) is 3.52. The van der Waals surface area contributed by atoms with Crippen LogP contribution in [0.5, 0.6) is 0 Å². The summed E-state index contributed by atoms with van der Waals surface area (Å²) in [4.78, 5) is 9.35. The number of benzene rings is 2. The minimum atomic E-state index is 0. The minimum Gasteiger partial charge on any atom is -0.255 e. The molecule has 0 bridgehead atoms. The van der Waals surface area contributed by atoms with Gasteiger partial charge in [0, 0.05) is 28.9 Å². The molecule has 0 radical (unpaired) electrons. The summed E-state index contributed by atoms with van der Waals surface area (Å²) in [6.07, 6.45) is 24.4. The summed E-state index contributed by atoms with van der Waals surface area (Å²) in [5, 5.41) is 0. The first-order valence-electron chi connectivity index (χ1n) is 12.4. The molecule has 2 nitrogen and oxygen atoms in total. The Balaban J connectivity index is 0.00000544. The van der Waals surface area contributed by atoms with E-state index in [1.54, 1.807) is 0 Å². The van der Waals surface area contributed by atoms with Crippen molar-refractivity contribution in [1.82, 2.24) is 0 Å². The van der Waals surface area contributed by atoms with E-state index in [0.717, 1.165) is 37.1 Å². The van der Waals surface area contributed by atoms with Crippen molar-refractivity contribution in [2.75, 3.05) is 0 Å². The number of allylic oxidation sites excluding steroid dienone is 4. The van der Waals surface area contributed by atoms with Crippen molar-refractivity contribution in [3.05, 3.63) is 84.0 Å². The van der Waals surface area contributed by atoms with Crippen LogP contribution in [0, 0.1) is 0 Å². The maximum atomic E-state index is 4.67. The molecule has 0 heterocycles. The Morgan fingerprint density at radius 1 is 0.576 bits per heavy atom. The predicted octanol–water partition coefficient (Wildman–Crippen LogP) is 9.15. The molecule has 33 heavy (non-hydrogen) atoms. The molecule has 2 aromatic rings. The average Bonchev–Trinajstić information content (AvgIpc) is 2.82. The number of nitrogens with zero attached hydrogens (tertiary/aromatic N) is 2. The number of unbranched alkanes of at least 4 members (excludes halogenated alkanes) is 4. The molecule has 0 fully saturated rings. The smallest absolute Gasteiger partial charge is 0.0662 e. The second-order valence-corrected chi connectivity index (χ2v) is 8.12. The van der Waals surface area contributed by atoms with Crippen LogP contribution in [0.15, 0.2) is 82.8 Å². The fourth-order valence-electron chi connectivity index (χ4n) is 3.52. The quantitative estimate of drug-likeness (QED) is 0.104. The van der Waals surface area contributed by atoms with Crippen LogP contribution in [0.3, 0.4) is 0 Å². The van der Waals surface area contributed by atoms with Gasteiger partial charge in [-0.1, -0.05) is 100 Å². The van der Waals surface area contributed by atoms with Gasteiger partial charge in [0.05, 0.1) is 11.4 Å². The number of hydrogen-bond acceptors (Lipinski definition) is 2. The molecule has 0 aromatic heterocycles. The number of para-hydroxylation sites is 2. The maximum Gasteiger partial charge on any atom is 0.0662 e. The minimum absolute atomic E-state index is 0. The molecular formula is C30H40N2Ni.